The van der Waals surface area contributed by atoms with Crippen molar-refractivity contribution < 1.29 is 23.9 Å². The minimum Gasteiger partial charge on any atom is -0.497 e. The lowest BCUT2D eigenvalue weighted by Crippen LogP contribution is -2.37. The zero-order chi connectivity index (χ0) is 21.3. The predicted molar refractivity (Wildman–Crippen MR) is 108 cm³/mol. The van der Waals surface area contributed by atoms with E-state index in [9.17, 15) is 14.4 Å². The van der Waals surface area contributed by atoms with E-state index in [-0.39, 0.29) is 24.3 Å². The van der Waals surface area contributed by atoms with E-state index in [0.717, 1.165) is 12.8 Å². The summed E-state index contributed by atoms with van der Waals surface area (Å²) in [6.07, 6.45) is 1.76. The molecule has 1 aromatic carbocycles. The lowest BCUT2D eigenvalue weighted by atomic mass is 10.0. The van der Waals surface area contributed by atoms with Crippen LogP contribution >= 0.6 is 0 Å². The van der Waals surface area contributed by atoms with Crippen molar-refractivity contribution in [3.05, 3.63) is 52.3 Å². The number of rotatable bonds is 7. The summed E-state index contributed by atoms with van der Waals surface area (Å²) in [4.78, 5) is 40.0. The third-order valence-corrected chi connectivity index (χ3v) is 5.47. The minimum absolute atomic E-state index is 0.0347. The van der Waals surface area contributed by atoms with Gasteiger partial charge in [0.1, 0.15) is 11.4 Å². The van der Waals surface area contributed by atoms with Crippen molar-refractivity contribution >= 4 is 17.7 Å². The van der Waals surface area contributed by atoms with Crippen molar-refractivity contribution in [3.8, 4) is 5.75 Å². The topological polar surface area (TPSA) is 77.8 Å². The molecule has 1 aliphatic carbocycles. The maximum absolute atomic E-state index is 13.2. The Morgan fingerprint density at radius 3 is 2.45 bits per heavy atom. The van der Waals surface area contributed by atoms with Crippen molar-refractivity contribution in [1.29, 1.82) is 0 Å². The molecule has 1 fully saturated rings. The maximum Gasteiger partial charge on any atom is 0.354 e. The van der Waals surface area contributed by atoms with E-state index in [4.69, 9.17) is 9.47 Å². The highest BCUT2D eigenvalue weighted by Gasteiger charge is 2.36. The number of esters is 1. The van der Waals surface area contributed by atoms with Gasteiger partial charge in [0, 0.05) is 29.9 Å². The molecular weight excluding hydrogens is 372 g/mol. The summed E-state index contributed by atoms with van der Waals surface area (Å²) in [7, 11) is 4.59. The van der Waals surface area contributed by atoms with E-state index in [2.05, 4.69) is 0 Å². The molecule has 0 radical (unpaired) electrons. The Kier molecular flexibility index (Phi) is 5.77. The first-order chi connectivity index (χ1) is 13.8. The number of hydrogen-bond donors (Lipinski definition) is 0. The van der Waals surface area contributed by atoms with Crippen LogP contribution in [0.15, 0.2) is 24.3 Å². The molecule has 0 bridgehead atoms. The van der Waals surface area contributed by atoms with Crippen molar-refractivity contribution in [2.45, 2.75) is 32.7 Å². The van der Waals surface area contributed by atoms with Gasteiger partial charge in [-0.05, 0) is 50.5 Å². The first-order valence-corrected chi connectivity index (χ1v) is 9.52. The Hall–Kier alpha value is -3.09. The van der Waals surface area contributed by atoms with E-state index in [1.807, 2.05) is 0 Å². The van der Waals surface area contributed by atoms with Gasteiger partial charge in [0.05, 0.1) is 20.8 Å². The second-order valence-corrected chi connectivity index (χ2v) is 7.30. The molecule has 29 heavy (non-hydrogen) atoms. The zero-order valence-electron chi connectivity index (χ0n) is 17.4. The van der Waals surface area contributed by atoms with Gasteiger partial charge in [0.2, 0.25) is 0 Å². The van der Waals surface area contributed by atoms with Crippen LogP contribution in [0.1, 0.15) is 55.3 Å². The van der Waals surface area contributed by atoms with Gasteiger partial charge in [-0.1, -0.05) is 6.07 Å². The molecule has 7 heteroatoms. The van der Waals surface area contributed by atoms with Crippen LogP contribution in [0.2, 0.25) is 0 Å². The first-order valence-electron chi connectivity index (χ1n) is 9.52. The molecule has 7 nitrogen and oxygen atoms in total. The minimum atomic E-state index is -0.487. The molecule has 2 aromatic rings. The third-order valence-electron chi connectivity index (χ3n) is 5.47. The third kappa shape index (κ3) is 3.90. The van der Waals surface area contributed by atoms with Crippen LogP contribution < -0.4 is 4.74 Å². The normalized spacial score (nSPS) is 13.1. The Morgan fingerprint density at radius 2 is 1.86 bits per heavy atom. The Balaban J connectivity index is 1.90. The molecule has 1 saturated carbocycles. The number of methoxy groups -OCH3 is 2. The molecule has 3 rings (SSSR count). The molecule has 0 saturated heterocycles. The lowest BCUT2D eigenvalue weighted by molar-refractivity contribution is 0.0588. The van der Waals surface area contributed by atoms with E-state index in [0.29, 0.717) is 33.8 Å². The van der Waals surface area contributed by atoms with Crippen molar-refractivity contribution in [1.82, 2.24) is 9.47 Å². The number of ketones is 1. The Bertz CT molecular complexity index is 972. The van der Waals surface area contributed by atoms with Crippen LogP contribution in [0.4, 0.5) is 0 Å². The largest absolute Gasteiger partial charge is 0.497 e. The van der Waals surface area contributed by atoms with Crippen LogP contribution in [-0.2, 0) is 11.8 Å². The number of amides is 1. The summed E-state index contributed by atoms with van der Waals surface area (Å²) in [6, 6.07) is 6.99. The summed E-state index contributed by atoms with van der Waals surface area (Å²) in [6.45, 7) is 3.49. The number of hydrogen-bond acceptors (Lipinski definition) is 5. The van der Waals surface area contributed by atoms with Gasteiger partial charge in [-0.15, -0.1) is 0 Å². The lowest BCUT2D eigenvalue weighted by Gasteiger charge is -2.22. The summed E-state index contributed by atoms with van der Waals surface area (Å²) < 4.78 is 11.7. The van der Waals surface area contributed by atoms with Gasteiger partial charge in [0.15, 0.2) is 5.78 Å². The molecule has 1 aliphatic rings. The van der Waals surface area contributed by atoms with E-state index in [1.54, 1.807) is 61.7 Å². The molecule has 1 aromatic heterocycles. The summed E-state index contributed by atoms with van der Waals surface area (Å²) >= 11 is 0. The fourth-order valence-electron chi connectivity index (χ4n) is 3.68. The Labute approximate surface area is 170 Å². The highest BCUT2D eigenvalue weighted by atomic mass is 16.5. The van der Waals surface area contributed by atoms with Crippen molar-refractivity contribution in [2.24, 2.45) is 7.05 Å². The molecule has 1 amide bonds. The second kappa shape index (κ2) is 8.11. The summed E-state index contributed by atoms with van der Waals surface area (Å²) in [5, 5.41) is 0. The molecule has 1 heterocycles. The van der Waals surface area contributed by atoms with Gasteiger partial charge in [-0.25, -0.2) is 4.79 Å². The molecule has 0 aliphatic heterocycles. The van der Waals surface area contributed by atoms with Crippen molar-refractivity contribution in [2.75, 3.05) is 20.8 Å². The average molecular weight is 398 g/mol. The van der Waals surface area contributed by atoms with E-state index < -0.39 is 5.97 Å². The summed E-state index contributed by atoms with van der Waals surface area (Å²) in [5.41, 5.74) is 2.56. The molecule has 0 atom stereocenters. The number of aromatic nitrogens is 1. The van der Waals surface area contributed by atoms with Crippen LogP contribution in [0.3, 0.4) is 0 Å². The van der Waals surface area contributed by atoms with Crippen LogP contribution in [-0.4, -0.2) is 53.9 Å². The molecule has 0 spiro atoms. The quantitative estimate of drug-likeness (QED) is 0.529. The Morgan fingerprint density at radius 1 is 1.17 bits per heavy atom. The van der Waals surface area contributed by atoms with Gasteiger partial charge < -0.3 is 18.9 Å². The highest BCUT2D eigenvalue weighted by Crippen LogP contribution is 2.30. The molecule has 154 valence electrons. The average Bonchev–Trinajstić information content (AvgIpc) is 3.53. The summed E-state index contributed by atoms with van der Waals surface area (Å²) in [5.74, 6) is -0.276. The maximum atomic E-state index is 13.2. The standard InChI is InChI=1S/C22H26N2O5/c1-13-19(14(2)23(3)20(13)22(27)29-5)18(25)12-24(16-9-10-16)21(26)15-7-6-8-17(11-15)28-4/h6-8,11,16H,9-10,12H2,1-5H3. The molecule has 0 unspecified atom stereocenters. The van der Waals surface area contributed by atoms with Gasteiger partial charge in [-0.3, -0.25) is 9.59 Å². The SMILES string of the molecule is COC(=O)c1c(C)c(C(=O)CN(C(=O)c2cccc(OC)c2)C2CC2)c(C)n1C. The number of nitrogens with zero attached hydrogens (tertiary/aromatic N) is 2. The van der Waals surface area contributed by atoms with Crippen molar-refractivity contribution in [3.63, 3.8) is 0 Å². The highest BCUT2D eigenvalue weighted by molar-refractivity contribution is 6.06. The number of benzene rings is 1. The number of Topliss-reactive ketones (excluding diaryl/α,β-unsaturated/α-hetero) is 1. The number of carbonyl (C=O) groups excluding carboxylic acids is 3. The fourth-order valence-corrected chi connectivity index (χ4v) is 3.68. The van der Waals surface area contributed by atoms with Crippen LogP contribution in [0, 0.1) is 13.8 Å². The van der Waals surface area contributed by atoms with Gasteiger partial charge in [0.25, 0.3) is 5.91 Å². The van der Waals surface area contributed by atoms with E-state index >= 15 is 0 Å². The second-order valence-electron chi connectivity index (χ2n) is 7.30. The fraction of sp³-hybridized carbons (Fsp3) is 0.409. The smallest absolute Gasteiger partial charge is 0.354 e. The first kappa shape index (κ1) is 20.6. The predicted octanol–water partition coefficient (Wildman–Crippen LogP) is 2.92. The number of carbonyl (C=O) groups is 3. The van der Waals surface area contributed by atoms with Gasteiger partial charge in [-0.2, -0.15) is 0 Å². The monoisotopic (exact) mass is 398 g/mol. The van der Waals surface area contributed by atoms with Crippen LogP contribution in [0.25, 0.3) is 0 Å². The van der Waals surface area contributed by atoms with E-state index in [1.165, 1.54) is 7.11 Å². The molecule has 0 N–H and O–H groups in total. The molecular formula is C22H26N2O5. The van der Waals surface area contributed by atoms with Gasteiger partial charge >= 0.3 is 5.97 Å². The zero-order valence-corrected chi connectivity index (χ0v) is 17.4. The van der Waals surface area contributed by atoms with Crippen LogP contribution in [0.5, 0.6) is 5.75 Å². The number of ether oxygens (including phenoxy) is 2.